The lowest BCUT2D eigenvalue weighted by molar-refractivity contribution is -0.137. The van der Waals surface area contributed by atoms with Crippen molar-refractivity contribution in [1.82, 2.24) is 9.99 Å². The summed E-state index contributed by atoms with van der Waals surface area (Å²) < 4.78 is 70.4. The summed E-state index contributed by atoms with van der Waals surface area (Å²) in [6.45, 7) is 6.52. The third kappa shape index (κ3) is 6.35. The highest BCUT2D eigenvalue weighted by molar-refractivity contribution is 7.92. The van der Waals surface area contributed by atoms with Gasteiger partial charge in [0.1, 0.15) is 6.54 Å². The Labute approximate surface area is 237 Å². The first-order valence-corrected chi connectivity index (χ1v) is 14.1. The first kappa shape index (κ1) is 29.6. The zero-order chi connectivity index (χ0) is 29.9. The SMILES string of the molecule is Cc1ccc(N(CC(=O)N/N=C\c2cc(C)n(-c3ccccc3C(F)(F)F)c2C)S(=O)(=O)c2ccccc2)cc1C. The van der Waals surface area contributed by atoms with E-state index >= 15 is 0 Å². The summed E-state index contributed by atoms with van der Waals surface area (Å²) in [5, 5.41) is 3.97. The molecule has 0 bridgehead atoms. The second-order valence-electron chi connectivity index (χ2n) is 9.56. The van der Waals surface area contributed by atoms with Crippen molar-refractivity contribution in [3.05, 3.63) is 113 Å². The number of aromatic nitrogens is 1. The molecule has 1 N–H and O–H groups in total. The molecule has 0 radical (unpaired) electrons. The number of nitrogens with one attached hydrogen (secondary N) is 1. The number of nitrogens with zero attached hydrogens (tertiary/aromatic N) is 3. The second kappa shape index (κ2) is 11.6. The Morgan fingerprint density at radius 3 is 2.24 bits per heavy atom. The Balaban J connectivity index is 1.59. The van der Waals surface area contributed by atoms with Gasteiger partial charge in [0.2, 0.25) is 0 Å². The number of rotatable bonds is 8. The van der Waals surface area contributed by atoms with Crippen LogP contribution < -0.4 is 9.73 Å². The molecule has 4 rings (SSSR count). The molecule has 7 nitrogen and oxygen atoms in total. The molecule has 0 saturated carbocycles. The van der Waals surface area contributed by atoms with Crippen LogP contribution >= 0.6 is 0 Å². The molecule has 0 aliphatic rings. The average Bonchev–Trinajstić information content (AvgIpc) is 3.21. The molecule has 0 aliphatic carbocycles. The topological polar surface area (TPSA) is 83.8 Å². The van der Waals surface area contributed by atoms with Gasteiger partial charge in [-0.2, -0.15) is 18.3 Å². The predicted octanol–water partition coefficient (Wildman–Crippen LogP) is 6.08. The fourth-order valence-corrected chi connectivity index (χ4v) is 5.89. The maximum Gasteiger partial charge on any atom is 0.418 e. The predicted molar refractivity (Wildman–Crippen MR) is 153 cm³/mol. The fraction of sp³-hybridized carbons (Fsp3) is 0.200. The van der Waals surface area contributed by atoms with E-state index in [-0.39, 0.29) is 10.6 Å². The lowest BCUT2D eigenvalue weighted by Gasteiger charge is -2.24. The molecular weight excluding hydrogens is 553 g/mol. The highest BCUT2D eigenvalue weighted by atomic mass is 32.2. The minimum atomic E-state index is -4.54. The van der Waals surface area contributed by atoms with Crippen LogP contribution in [0.25, 0.3) is 5.69 Å². The van der Waals surface area contributed by atoms with Crippen molar-refractivity contribution in [3.8, 4) is 5.69 Å². The normalized spacial score (nSPS) is 12.1. The number of hydrogen-bond acceptors (Lipinski definition) is 4. The molecular formula is C30H29F3N4O3S. The van der Waals surface area contributed by atoms with Crippen LogP contribution in [-0.2, 0) is 21.0 Å². The molecule has 0 atom stereocenters. The van der Waals surface area contributed by atoms with Crippen LogP contribution in [0, 0.1) is 27.7 Å². The van der Waals surface area contributed by atoms with E-state index in [0.29, 0.717) is 22.6 Å². The minimum absolute atomic E-state index is 0.0196. The van der Waals surface area contributed by atoms with Gasteiger partial charge in [-0.25, -0.2) is 13.8 Å². The quantitative estimate of drug-likeness (QED) is 0.202. The number of sulfonamides is 1. The van der Waals surface area contributed by atoms with Gasteiger partial charge in [0.05, 0.1) is 28.0 Å². The van der Waals surface area contributed by atoms with Gasteiger partial charge in [-0.3, -0.25) is 9.10 Å². The van der Waals surface area contributed by atoms with Crippen molar-refractivity contribution in [2.75, 3.05) is 10.8 Å². The maximum absolute atomic E-state index is 13.6. The number of carbonyl (C=O) groups is 1. The Morgan fingerprint density at radius 1 is 0.927 bits per heavy atom. The van der Waals surface area contributed by atoms with Crippen LogP contribution in [0.3, 0.4) is 0 Å². The summed E-state index contributed by atoms with van der Waals surface area (Å²) in [4.78, 5) is 12.9. The van der Waals surface area contributed by atoms with E-state index in [4.69, 9.17) is 0 Å². The molecule has 0 fully saturated rings. The van der Waals surface area contributed by atoms with E-state index < -0.39 is 34.2 Å². The smallest absolute Gasteiger partial charge is 0.317 e. The monoisotopic (exact) mass is 582 g/mol. The molecule has 4 aromatic rings. The number of amides is 1. The molecule has 0 aliphatic heterocycles. The Kier molecular flexibility index (Phi) is 8.39. The molecule has 1 amide bonds. The average molecular weight is 583 g/mol. The number of para-hydroxylation sites is 1. The lowest BCUT2D eigenvalue weighted by atomic mass is 10.1. The number of halogens is 3. The number of aryl methyl sites for hydroxylation is 3. The summed E-state index contributed by atoms with van der Waals surface area (Å²) in [6.07, 6.45) is -3.22. The van der Waals surface area contributed by atoms with E-state index in [1.165, 1.54) is 41.1 Å². The summed E-state index contributed by atoms with van der Waals surface area (Å²) in [5.74, 6) is -0.699. The fourth-order valence-electron chi connectivity index (χ4n) is 4.45. The van der Waals surface area contributed by atoms with Crippen molar-refractivity contribution in [3.63, 3.8) is 0 Å². The van der Waals surface area contributed by atoms with Crippen molar-refractivity contribution in [1.29, 1.82) is 0 Å². The molecule has 3 aromatic carbocycles. The lowest BCUT2D eigenvalue weighted by Crippen LogP contribution is -2.39. The van der Waals surface area contributed by atoms with Gasteiger partial charge in [-0.05, 0) is 81.3 Å². The number of benzene rings is 3. The van der Waals surface area contributed by atoms with Crippen molar-refractivity contribution >= 4 is 27.8 Å². The maximum atomic E-state index is 13.6. The first-order chi connectivity index (χ1) is 19.3. The molecule has 0 saturated heterocycles. The van der Waals surface area contributed by atoms with E-state index in [0.717, 1.165) is 21.5 Å². The van der Waals surface area contributed by atoms with Crippen molar-refractivity contribution < 1.29 is 26.4 Å². The molecule has 1 heterocycles. The van der Waals surface area contributed by atoms with Crippen molar-refractivity contribution in [2.24, 2.45) is 5.10 Å². The Morgan fingerprint density at radius 2 is 1.59 bits per heavy atom. The van der Waals surface area contributed by atoms with E-state index in [1.54, 1.807) is 56.3 Å². The molecule has 0 unspecified atom stereocenters. The number of hydrazone groups is 1. The molecule has 214 valence electrons. The number of hydrogen-bond donors (Lipinski definition) is 1. The molecule has 41 heavy (non-hydrogen) atoms. The van der Waals surface area contributed by atoms with E-state index in [1.807, 2.05) is 13.8 Å². The van der Waals surface area contributed by atoms with Gasteiger partial charge in [-0.15, -0.1) is 0 Å². The van der Waals surface area contributed by atoms with Gasteiger partial charge >= 0.3 is 6.18 Å². The summed E-state index contributed by atoms with van der Waals surface area (Å²) in [6, 6.07) is 19.8. The van der Waals surface area contributed by atoms with Crippen LogP contribution in [0.15, 0.2) is 88.9 Å². The van der Waals surface area contributed by atoms with Gasteiger partial charge < -0.3 is 4.57 Å². The van der Waals surface area contributed by atoms with Crippen LogP contribution in [0.4, 0.5) is 18.9 Å². The van der Waals surface area contributed by atoms with E-state index in [9.17, 15) is 26.4 Å². The van der Waals surface area contributed by atoms with E-state index in [2.05, 4.69) is 10.5 Å². The van der Waals surface area contributed by atoms with Crippen LogP contribution in [-0.4, -0.2) is 31.7 Å². The summed E-state index contributed by atoms with van der Waals surface area (Å²) in [7, 11) is -4.09. The van der Waals surface area contributed by atoms with Gasteiger partial charge in [0.25, 0.3) is 15.9 Å². The van der Waals surface area contributed by atoms with Crippen LogP contribution in [0.2, 0.25) is 0 Å². The second-order valence-corrected chi connectivity index (χ2v) is 11.4. The third-order valence-electron chi connectivity index (χ3n) is 6.71. The number of alkyl halides is 3. The molecule has 1 aromatic heterocycles. The standard InChI is InChI=1S/C30H29F3N4O3S/c1-20-14-15-25(16-21(20)2)36(41(39,40)26-10-6-5-7-11-26)19-29(38)35-34-18-24-17-22(3)37(23(24)4)28-13-9-8-12-27(28)30(31,32)33/h5-18H,19H2,1-4H3,(H,35,38)/b34-18-. The number of carbonyl (C=O) groups excluding carboxylic acids is 1. The largest absolute Gasteiger partial charge is 0.418 e. The van der Waals surface area contributed by atoms with Crippen LogP contribution in [0.1, 0.15) is 33.6 Å². The molecule has 11 heteroatoms. The van der Waals surface area contributed by atoms with Gasteiger partial charge in [0.15, 0.2) is 0 Å². The molecule has 0 spiro atoms. The van der Waals surface area contributed by atoms with Crippen LogP contribution in [0.5, 0.6) is 0 Å². The Hall–Kier alpha value is -4.38. The Bertz CT molecular complexity index is 1710. The highest BCUT2D eigenvalue weighted by Crippen LogP contribution is 2.35. The third-order valence-corrected chi connectivity index (χ3v) is 8.50. The first-order valence-electron chi connectivity index (χ1n) is 12.6. The minimum Gasteiger partial charge on any atom is -0.317 e. The number of anilines is 1. The highest BCUT2D eigenvalue weighted by Gasteiger charge is 2.34. The van der Waals surface area contributed by atoms with Gasteiger partial charge in [0, 0.05) is 17.0 Å². The summed E-state index contributed by atoms with van der Waals surface area (Å²) in [5.41, 5.74) is 5.22. The van der Waals surface area contributed by atoms with Crippen molar-refractivity contribution in [2.45, 2.75) is 38.8 Å². The van der Waals surface area contributed by atoms with Gasteiger partial charge in [-0.1, -0.05) is 36.4 Å². The zero-order valence-electron chi connectivity index (χ0n) is 22.9. The summed E-state index contributed by atoms with van der Waals surface area (Å²) >= 11 is 0. The zero-order valence-corrected chi connectivity index (χ0v) is 23.7.